The molecule has 0 fully saturated rings. The fourth-order valence-electron chi connectivity index (χ4n) is 3.74. The molecule has 0 unspecified atom stereocenters. The van der Waals surface area contributed by atoms with Crippen LogP contribution in [0.1, 0.15) is 31.0 Å². The molecule has 0 bridgehead atoms. The van der Waals surface area contributed by atoms with Crippen LogP contribution in [0.25, 0.3) is 6.08 Å². The Balaban J connectivity index is 1.95. The Bertz CT molecular complexity index is 1490. The average molecular weight is 611 g/mol. The zero-order valence-corrected chi connectivity index (χ0v) is 22.2. The minimum absolute atomic E-state index is 0.0409. The Morgan fingerprint density at radius 3 is 2.68 bits per heavy atom. The Kier molecular flexibility index (Phi) is 7.15. The number of esters is 1. The quantitative estimate of drug-likeness (QED) is 0.351. The van der Waals surface area contributed by atoms with Gasteiger partial charge in [0.1, 0.15) is 0 Å². The van der Waals surface area contributed by atoms with Crippen molar-refractivity contribution >= 4 is 57.6 Å². The third-order valence-electron chi connectivity index (χ3n) is 5.27. The van der Waals surface area contributed by atoms with E-state index in [-0.39, 0.29) is 17.9 Å². The van der Waals surface area contributed by atoms with Crippen molar-refractivity contribution in [3.63, 3.8) is 0 Å². The SMILES string of the molecule is CCOC(=O)C1=C(C)N=c2s/c(=C\c3cc(I)c(O)c(OC)c3)c(=O)n2[C@@H]1c1ccc(Cl)cc1. The normalized spacial score (nSPS) is 15.7. The summed E-state index contributed by atoms with van der Waals surface area (Å²) in [7, 11) is 1.47. The van der Waals surface area contributed by atoms with Gasteiger partial charge in [-0.2, -0.15) is 0 Å². The lowest BCUT2D eigenvalue weighted by atomic mass is 9.96. The van der Waals surface area contributed by atoms with Crippen molar-refractivity contribution in [2.45, 2.75) is 19.9 Å². The van der Waals surface area contributed by atoms with E-state index in [0.717, 1.165) is 5.56 Å². The summed E-state index contributed by atoms with van der Waals surface area (Å²) in [4.78, 5) is 31.5. The van der Waals surface area contributed by atoms with Crippen LogP contribution in [0.5, 0.6) is 11.5 Å². The Labute approximate surface area is 217 Å². The summed E-state index contributed by atoms with van der Waals surface area (Å²) in [5, 5.41) is 10.7. The second-order valence-electron chi connectivity index (χ2n) is 7.41. The molecule has 34 heavy (non-hydrogen) atoms. The number of ether oxygens (including phenoxy) is 2. The van der Waals surface area contributed by atoms with Gasteiger partial charge >= 0.3 is 5.97 Å². The first kappa shape index (κ1) is 24.5. The van der Waals surface area contributed by atoms with Crippen LogP contribution in [0.2, 0.25) is 5.02 Å². The topological polar surface area (TPSA) is 90.1 Å². The highest BCUT2D eigenvalue weighted by molar-refractivity contribution is 14.1. The number of carbonyl (C=O) groups is 1. The van der Waals surface area contributed by atoms with Crippen molar-refractivity contribution in [2.24, 2.45) is 4.99 Å². The van der Waals surface area contributed by atoms with Crippen LogP contribution < -0.4 is 19.6 Å². The summed E-state index contributed by atoms with van der Waals surface area (Å²) in [5.74, 6) is -0.166. The van der Waals surface area contributed by atoms with Crippen LogP contribution in [0.3, 0.4) is 0 Å². The summed E-state index contributed by atoms with van der Waals surface area (Å²) in [5.41, 5.74) is 1.92. The Hall–Kier alpha value is -2.63. The van der Waals surface area contributed by atoms with Crippen molar-refractivity contribution < 1.29 is 19.4 Å². The molecule has 0 saturated carbocycles. The molecular formula is C24H20ClIN2O5S. The van der Waals surface area contributed by atoms with Crippen LogP contribution in [0.4, 0.5) is 0 Å². The van der Waals surface area contributed by atoms with E-state index in [1.54, 1.807) is 56.3 Å². The highest BCUT2D eigenvalue weighted by atomic mass is 127. The van der Waals surface area contributed by atoms with Crippen LogP contribution in [0.15, 0.2) is 57.5 Å². The number of allylic oxidation sites excluding steroid dienone is 1. The average Bonchev–Trinajstić information content (AvgIpc) is 3.10. The fourth-order valence-corrected chi connectivity index (χ4v) is 5.53. The number of aromatic nitrogens is 1. The number of benzene rings is 2. The first-order valence-corrected chi connectivity index (χ1v) is 12.5. The van der Waals surface area contributed by atoms with Crippen LogP contribution in [-0.4, -0.2) is 29.4 Å². The second-order valence-corrected chi connectivity index (χ2v) is 10.0. The smallest absolute Gasteiger partial charge is 0.338 e. The molecule has 0 radical (unpaired) electrons. The number of rotatable bonds is 5. The fraction of sp³-hybridized carbons (Fsp3) is 0.208. The van der Waals surface area contributed by atoms with Gasteiger partial charge in [-0.05, 0) is 77.9 Å². The van der Waals surface area contributed by atoms with E-state index in [1.807, 2.05) is 22.6 Å². The summed E-state index contributed by atoms with van der Waals surface area (Å²) >= 11 is 9.31. The molecule has 176 valence electrons. The molecule has 4 rings (SSSR count). The molecule has 1 aliphatic rings. The number of hydrogen-bond donors (Lipinski definition) is 1. The number of nitrogens with zero attached hydrogens (tertiary/aromatic N) is 2. The molecule has 2 aromatic carbocycles. The van der Waals surface area contributed by atoms with Gasteiger partial charge in [-0.3, -0.25) is 9.36 Å². The highest BCUT2D eigenvalue weighted by Gasteiger charge is 2.33. The maximum absolute atomic E-state index is 13.6. The molecule has 2 heterocycles. The lowest BCUT2D eigenvalue weighted by molar-refractivity contribution is -0.139. The van der Waals surface area contributed by atoms with Crippen molar-refractivity contribution in [1.82, 2.24) is 4.57 Å². The third kappa shape index (κ3) is 4.51. The molecule has 1 N–H and O–H groups in total. The highest BCUT2D eigenvalue weighted by Crippen LogP contribution is 2.33. The minimum atomic E-state index is -0.704. The summed E-state index contributed by atoms with van der Waals surface area (Å²) in [6.07, 6.45) is 1.72. The molecular weight excluding hydrogens is 591 g/mol. The van der Waals surface area contributed by atoms with Crippen LogP contribution >= 0.6 is 45.5 Å². The minimum Gasteiger partial charge on any atom is -0.504 e. The predicted octanol–water partition coefficient (Wildman–Crippen LogP) is 3.77. The molecule has 1 atom stereocenters. The van der Waals surface area contributed by atoms with Gasteiger partial charge in [0.25, 0.3) is 5.56 Å². The van der Waals surface area contributed by atoms with E-state index in [0.29, 0.717) is 40.5 Å². The van der Waals surface area contributed by atoms with E-state index in [9.17, 15) is 14.7 Å². The van der Waals surface area contributed by atoms with Crippen molar-refractivity contribution in [3.05, 3.63) is 87.1 Å². The van der Waals surface area contributed by atoms with Gasteiger partial charge in [0, 0.05) is 5.02 Å². The number of thiazole rings is 1. The number of methoxy groups -OCH3 is 1. The molecule has 3 aromatic rings. The standard InChI is InChI=1S/C24H20ClIN2O5S/c1-4-33-23(31)19-12(2)27-24-28(20(19)14-5-7-15(25)8-6-14)22(30)18(34-24)11-13-9-16(26)21(29)17(10-13)32-3/h5-11,20,29H,4H2,1-3H3/b18-11-/t20-/m1/s1. The van der Waals surface area contributed by atoms with Crippen molar-refractivity contribution in [2.75, 3.05) is 13.7 Å². The number of aromatic hydroxyl groups is 1. The van der Waals surface area contributed by atoms with E-state index in [1.165, 1.54) is 23.0 Å². The van der Waals surface area contributed by atoms with E-state index < -0.39 is 12.0 Å². The largest absolute Gasteiger partial charge is 0.504 e. The van der Waals surface area contributed by atoms with Gasteiger partial charge in [-0.25, -0.2) is 9.79 Å². The number of phenols is 1. The van der Waals surface area contributed by atoms with E-state index in [4.69, 9.17) is 21.1 Å². The predicted molar refractivity (Wildman–Crippen MR) is 139 cm³/mol. The van der Waals surface area contributed by atoms with Gasteiger partial charge in [0.05, 0.1) is 39.1 Å². The summed E-state index contributed by atoms with van der Waals surface area (Å²) in [6, 6.07) is 9.71. The first-order valence-electron chi connectivity index (χ1n) is 10.3. The molecule has 0 spiro atoms. The molecule has 1 aromatic heterocycles. The molecule has 1 aliphatic heterocycles. The Morgan fingerprint density at radius 1 is 1.32 bits per heavy atom. The van der Waals surface area contributed by atoms with E-state index >= 15 is 0 Å². The number of fused-ring (bicyclic) bond motifs is 1. The number of phenolic OH excluding ortho intramolecular Hbond substituents is 1. The lowest BCUT2D eigenvalue weighted by Gasteiger charge is -2.24. The maximum Gasteiger partial charge on any atom is 0.338 e. The molecule has 0 amide bonds. The zero-order chi connectivity index (χ0) is 24.6. The number of halogens is 2. The monoisotopic (exact) mass is 610 g/mol. The number of hydrogen-bond acceptors (Lipinski definition) is 7. The third-order valence-corrected chi connectivity index (χ3v) is 7.33. The molecule has 10 heteroatoms. The maximum atomic E-state index is 13.6. The van der Waals surface area contributed by atoms with Crippen LogP contribution in [0, 0.1) is 3.57 Å². The van der Waals surface area contributed by atoms with E-state index in [2.05, 4.69) is 4.99 Å². The molecule has 7 nitrogen and oxygen atoms in total. The van der Waals surface area contributed by atoms with Gasteiger partial charge in [-0.1, -0.05) is 35.1 Å². The zero-order valence-electron chi connectivity index (χ0n) is 18.5. The summed E-state index contributed by atoms with van der Waals surface area (Å²) < 4.78 is 13.1. The van der Waals surface area contributed by atoms with Crippen molar-refractivity contribution in [1.29, 1.82) is 0 Å². The lowest BCUT2D eigenvalue weighted by Crippen LogP contribution is -2.39. The van der Waals surface area contributed by atoms with Gasteiger partial charge < -0.3 is 14.6 Å². The number of carbonyl (C=O) groups excluding carboxylic acids is 1. The molecule has 0 aliphatic carbocycles. The molecule has 0 saturated heterocycles. The van der Waals surface area contributed by atoms with Crippen molar-refractivity contribution in [3.8, 4) is 11.5 Å². The van der Waals surface area contributed by atoms with Gasteiger partial charge in [0.15, 0.2) is 16.3 Å². The first-order chi connectivity index (χ1) is 16.2. The second kappa shape index (κ2) is 9.93. The van der Waals surface area contributed by atoms with Crippen LogP contribution in [-0.2, 0) is 9.53 Å². The summed E-state index contributed by atoms with van der Waals surface area (Å²) in [6.45, 7) is 3.67. The van der Waals surface area contributed by atoms with Gasteiger partial charge in [0.2, 0.25) is 0 Å². The Morgan fingerprint density at radius 2 is 2.03 bits per heavy atom. The van der Waals surface area contributed by atoms with Gasteiger partial charge in [-0.15, -0.1) is 0 Å².